The van der Waals surface area contributed by atoms with E-state index in [-0.39, 0.29) is 17.7 Å². The molecule has 1 aliphatic rings. The van der Waals surface area contributed by atoms with Crippen LogP contribution in [0.5, 0.6) is 0 Å². The first-order valence-corrected chi connectivity index (χ1v) is 7.88. The summed E-state index contributed by atoms with van der Waals surface area (Å²) in [4.78, 5) is 26.2. The van der Waals surface area contributed by atoms with Crippen LogP contribution in [0.2, 0.25) is 0 Å². The number of hydrogen-bond donors (Lipinski definition) is 2. The molecule has 2 N–H and O–H groups in total. The maximum atomic E-state index is 12.3. The lowest BCUT2D eigenvalue weighted by atomic mass is 9.95. The number of piperidine rings is 1. The zero-order chi connectivity index (χ0) is 15.9. The fourth-order valence-electron chi connectivity index (χ4n) is 2.66. The van der Waals surface area contributed by atoms with Crippen LogP contribution >= 0.6 is 0 Å². The average molecular weight is 304 g/mol. The normalized spacial score (nSPS) is 17.1. The van der Waals surface area contributed by atoms with E-state index in [9.17, 15) is 14.7 Å². The largest absolute Gasteiger partial charge is 0.393 e. The molecule has 1 saturated heterocycles. The molecule has 1 aromatic carbocycles. The molecular formula is C17H24N2O3. The number of likely N-dealkylation sites (tertiary alicyclic amines) is 1. The fraction of sp³-hybridized carbons (Fsp3) is 0.529. The van der Waals surface area contributed by atoms with Crippen molar-refractivity contribution in [3.05, 3.63) is 35.9 Å². The molecule has 5 nitrogen and oxygen atoms in total. The molecule has 1 unspecified atom stereocenters. The maximum Gasteiger partial charge on any atom is 0.253 e. The van der Waals surface area contributed by atoms with Gasteiger partial charge in [0.2, 0.25) is 5.91 Å². The number of carbonyl (C=O) groups excluding carboxylic acids is 2. The minimum absolute atomic E-state index is 0.0335. The Morgan fingerprint density at radius 1 is 1.27 bits per heavy atom. The van der Waals surface area contributed by atoms with Crippen LogP contribution in [0.1, 0.15) is 36.5 Å². The summed E-state index contributed by atoms with van der Waals surface area (Å²) in [6.07, 6.45) is 1.56. The third kappa shape index (κ3) is 4.56. The zero-order valence-corrected chi connectivity index (χ0v) is 13.0. The summed E-state index contributed by atoms with van der Waals surface area (Å²) >= 11 is 0. The summed E-state index contributed by atoms with van der Waals surface area (Å²) in [6.45, 7) is 3.43. The van der Waals surface area contributed by atoms with Crippen LogP contribution in [0.25, 0.3) is 0 Å². The Kier molecular flexibility index (Phi) is 5.95. The van der Waals surface area contributed by atoms with Crippen molar-refractivity contribution in [2.75, 3.05) is 19.6 Å². The van der Waals surface area contributed by atoms with Crippen LogP contribution in [-0.2, 0) is 4.79 Å². The van der Waals surface area contributed by atoms with Gasteiger partial charge in [-0.05, 0) is 38.3 Å². The highest BCUT2D eigenvalue weighted by molar-refractivity contribution is 5.94. The van der Waals surface area contributed by atoms with Crippen molar-refractivity contribution < 1.29 is 14.7 Å². The van der Waals surface area contributed by atoms with Crippen molar-refractivity contribution in [3.63, 3.8) is 0 Å². The van der Waals surface area contributed by atoms with Gasteiger partial charge in [0.25, 0.3) is 5.91 Å². The molecule has 2 rings (SSSR count). The highest BCUT2D eigenvalue weighted by Crippen LogP contribution is 2.19. The number of nitrogens with one attached hydrogen (secondary N) is 1. The monoisotopic (exact) mass is 304 g/mol. The number of aliphatic hydroxyl groups is 1. The van der Waals surface area contributed by atoms with Gasteiger partial charge in [0.15, 0.2) is 0 Å². The molecule has 0 aromatic heterocycles. The lowest BCUT2D eigenvalue weighted by Crippen LogP contribution is -2.43. The summed E-state index contributed by atoms with van der Waals surface area (Å²) in [6, 6.07) is 9.24. The van der Waals surface area contributed by atoms with E-state index in [1.165, 1.54) is 0 Å². The molecule has 120 valence electrons. The lowest BCUT2D eigenvalue weighted by molar-refractivity contribution is -0.126. The van der Waals surface area contributed by atoms with E-state index in [1.54, 1.807) is 6.92 Å². The first kappa shape index (κ1) is 16.5. The van der Waals surface area contributed by atoms with Crippen LogP contribution in [0.3, 0.4) is 0 Å². The third-order valence-corrected chi connectivity index (χ3v) is 4.04. The average Bonchev–Trinajstić information content (AvgIpc) is 2.54. The van der Waals surface area contributed by atoms with Crippen molar-refractivity contribution in [3.8, 4) is 0 Å². The number of rotatable bonds is 5. The summed E-state index contributed by atoms with van der Waals surface area (Å²) in [5.41, 5.74) is 0.697. The molecule has 1 aliphatic heterocycles. The van der Waals surface area contributed by atoms with Gasteiger partial charge in [-0.15, -0.1) is 0 Å². The molecule has 0 spiro atoms. The molecular weight excluding hydrogens is 280 g/mol. The van der Waals surface area contributed by atoms with E-state index in [1.807, 2.05) is 35.2 Å². The van der Waals surface area contributed by atoms with Crippen molar-refractivity contribution in [2.24, 2.45) is 5.92 Å². The second kappa shape index (κ2) is 7.94. The molecule has 1 atom stereocenters. The van der Waals surface area contributed by atoms with Crippen LogP contribution < -0.4 is 5.32 Å². The zero-order valence-electron chi connectivity index (χ0n) is 13.0. The van der Waals surface area contributed by atoms with Gasteiger partial charge in [0.05, 0.1) is 6.10 Å². The molecule has 22 heavy (non-hydrogen) atoms. The third-order valence-electron chi connectivity index (χ3n) is 4.04. The van der Waals surface area contributed by atoms with Gasteiger partial charge in [0.1, 0.15) is 0 Å². The van der Waals surface area contributed by atoms with Gasteiger partial charge in [-0.25, -0.2) is 0 Å². The van der Waals surface area contributed by atoms with E-state index in [2.05, 4.69) is 5.32 Å². The predicted octanol–water partition coefficient (Wildman–Crippen LogP) is 1.43. The number of carbonyl (C=O) groups is 2. The van der Waals surface area contributed by atoms with Gasteiger partial charge in [0, 0.05) is 31.1 Å². The molecule has 0 bridgehead atoms. The van der Waals surface area contributed by atoms with Crippen molar-refractivity contribution >= 4 is 11.8 Å². The van der Waals surface area contributed by atoms with E-state index < -0.39 is 6.10 Å². The van der Waals surface area contributed by atoms with Crippen molar-refractivity contribution in [1.29, 1.82) is 0 Å². The highest BCUT2D eigenvalue weighted by atomic mass is 16.3. The number of hydrogen-bond acceptors (Lipinski definition) is 3. The van der Waals surface area contributed by atoms with Crippen molar-refractivity contribution in [1.82, 2.24) is 10.2 Å². The van der Waals surface area contributed by atoms with E-state index >= 15 is 0 Å². The minimum atomic E-state index is -0.398. The molecule has 0 saturated carbocycles. The molecule has 0 radical (unpaired) electrons. The summed E-state index contributed by atoms with van der Waals surface area (Å²) in [7, 11) is 0. The Balaban J connectivity index is 1.78. The van der Waals surface area contributed by atoms with Gasteiger partial charge >= 0.3 is 0 Å². The second-order valence-corrected chi connectivity index (χ2v) is 5.86. The first-order valence-electron chi connectivity index (χ1n) is 7.88. The smallest absolute Gasteiger partial charge is 0.253 e. The van der Waals surface area contributed by atoms with E-state index in [4.69, 9.17) is 0 Å². The van der Waals surface area contributed by atoms with Crippen LogP contribution in [-0.4, -0.2) is 47.6 Å². The van der Waals surface area contributed by atoms with Crippen LogP contribution in [0.4, 0.5) is 0 Å². The predicted molar refractivity (Wildman–Crippen MR) is 84.4 cm³/mol. The number of benzene rings is 1. The molecule has 1 fully saturated rings. The summed E-state index contributed by atoms with van der Waals surface area (Å²) in [5, 5.41) is 12.0. The van der Waals surface area contributed by atoms with E-state index in [0.717, 1.165) is 0 Å². The number of amides is 2. The first-order chi connectivity index (χ1) is 10.6. The van der Waals surface area contributed by atoms with Gasteiger partial charge in [-0.2, -0.15) is 0 Å². The number of aliphatic hydroxyl groups excluding tert-OH is 1. The Labute approximate surface area is 131 Å². The topological polar surface area (TPSA) is 69.6 Å². The minimum Gasteiger partial charge on any atom is -0.393 e. The van der Waals surface area contributed by atoms with Gasteiger partial charge in [-0.1, -0.05) is 18.2 Å². The Morgan fingerprint density at radius 2 is 1.91 bits per heavy atom. The maximum absolute atomic E-state index is 12.3. The SMILES string of the molecule is CC(O)CCNC(=O)C1CCN(C(=O)c2ccccc2)CC1. The van der Waals surface area contributed by atoms with Crippen molar-refractivity contribution in [2.45, 2.75) is 32.3 Å². The lowest BCUT2D eigenvalue weighted by Gasteiger charge is -2.31. The molecule has 1 aromatic rings. The fourth-order valence-corrected chi connectivity index (χ4v) is 2.66. The summed E-state index contributed by atoms with van der Waals surface area (Å²) < 4.78 is 0. The highest BCUT2D eigenvalue weighted by Gasteiger charge is 2.27. The second-order valence-electron chi connectivity index (χ2n) is 5.86. The Hall–Kier alpha value is -1.88. The summed E-state index contributed by atoms with van der Waals surface area (Å²) in [5.74, 6) is 0.0369. The molecule has 0 aliphatic carbocycles. The standard InChI is InChI=1S/C17H24N2O3/c1-13(20)7-10-18-16(21)14-8-11-19(12-9-14)17(22)15-5-3-2-4-6-15/h2-6,13-14,20H,7-12H2,1H3,(H,18,21). The molecule has 2 amide bonds. The molecule has 1 heterocycles. The Bertz CT molecular complexity index is 494. The van der Waals surface area contributed by atoms with Crippen LogP contribution in [0, 0.1) is 5.92 Å². The quantitative estimate of drug-likeness (QED) is 0.864. The van der Waals surface area contributed by atoms with Gasteiger partial charge < -0.3 is 15.3 Å². The van der Waals surface area contributed by atoms with E-state index in [0.29, 0.717) is 44.5 Å². The number of nitrogens with zero attached hydrogens (tertiary/aromatic N) is 1. The molecule has 5 heteroatoms. The van der Waals surface area contributed by atoms with Gasteiger partial charge in [-0.3, -0.25) is 9.59 Å². The Morgan fingerprint density at radius 3 is 2.50 bits per heavy atom. The van der Waals surface area contributed by atoms with Crippen LogP contribution in [0.15, 0.2) is 30.3 Å².